The lowest BCUT2D eigenvalue weighted by molar-refractivity contribution is -0.139. The molecule has 16 heavy (non-hydrogen) atoms. The first-order chi connectivity index (χ1) is 7.60. The van der Waals surface area contributed by atoms with Gasteiger partial charge >= 0.3 is 5.97 Å². The number of hydrogen-bond donors (Lipinski definition) is 2. The van der Waals surface area contributed by atoms with Gasteiger partial charge in [-0.15, -0.1) is 0 Å². The number of aliphatic carboxylic acids is 1. The molecule has 0 saturated heterocycles. The van der Waals surface area contributed by atoms with Crippen LogP contribution < -0.4 is 4.74 Å². The van der Waals surface area contributed by atoms with Crippen LogP contribution in [0.1, 0.15) is 17.9 Å². The molecule has 2 N–H and O–H groups in total. The summed E-state index contributed by atoms with van der Waals surface area (Å²) in [6.07, 6.45) is 0.202. The molecule has 0 saturated carbocycles. The van der Waals surface area contributed by atoms with Gasteiger partial charge in [-0.2, -0.15) is 0 Å². The van der Waals surface area contributed by atoms with Crippen molar-refractivity contribution in [3.8, 4) is 5.75 Å². The molecule has 0 aliphatic heterocycles. The van der Waals surface area contributed by atoms with E-state index in [1.807, 2.05) is 0 Å². The van der Waals surface area contributed by atoms with Gasteiger partial charge in [0.15, 0.2) is 0 Å². The largest absolute Gasteiger partial charge is 0.496 e. The van der Waals surface area contributed by atoms with Crippen molar-refractivity contribution < 1.29 is 19.7 Å². The molecule has 0 bridgehead atoms. The highest BCUT2D eigenvalue weighted by atomic mass is 79.9. The summed E-state index contributed by atoms with van der Waals surface area (Å²) in [4.78, 5) is 11.0. The molecule has 0 aromatic heterocycles. The minimum absolute atomic E-state index is 0.152. The Morgan fingerprint density at radius 1 is 1.56 bits per heavy atom. The lowest BCUT2D eigenvalue weighted by Crippen LogP contribution is -2.13. The van der Waals surface area contributed by atoms with Crippen LogP contribution in [-0.2, 0) is 4.79 Å². The maximum atomic E-state index is 11.0. The molecule has 1 aromatic carbocycles. The van der Waals surface area contributed by atoms with Gasteiger partial charge in [-0.05, 0) is 40.0 Å². The number of rotatable bonds is 5. The van der Waals surface area contributed by atoms with Crippen LogP contribution in [0.25, 0.3) is 0 Å². The standard InChI is InChI=1S/C11H13BrO4/c1-16-10-3-2-7(6-9(10)12)8(4-5-13)11(14)15/h2-3,6,8,13H,4-5H2,1H3,(H,14,15). The highest BCUT2D eigenvalue weighted by Gasteiger charge is 2.19. The van der Waals surface area contributed by atoms with E-state index in [0.29, 0.717) is 15.8 Å². The number of benzene rings is 1. The Morgan fingerprint density at radius 3 is 2.69 bits per heavy atom. The molecule has 1 atom stereocenters. The smallest absolute Gasteiger partial charge is 0.311 e. The number of halogens is 1. The number of carbonyl (C=O) groups is 1. The Balaban J connectivity index is 3.01. The first-order valence-corrected chi connectivity index (χ1v) is 5.56. The zero-order valence-electron chi connectivity index (χ0n) is 8.81. The summed E-state index contributed by atoms with van der Waals surface area (Å²) in [6.45, 7) is -0.152. The number of ether oxygens (including phenoxy) is 1. The average Bonchev–Trinajstić information content (AvgIpc) is 2.25. The Morgan fingerprint density at radius 2 is 2.25 bits per heavy atom. The van der Waals surface area contributed by atoms with Crippen LogP contribution in [0.5, 0.6) is 5.75 Å². The van der Waals surface area contributed by atoms with Crippen LogP contribution >= 0.6 is 15.9 Å². The van der Waals surface area contributed by atoms with E-state index in [4.69, 9.17) is 14.9 Å². The van der Waals surface area contributed by atoms with E-state index in [1.54, 1.807) is 25.3 Å². The fourth-order valence-electron chi connectivity index (χ4n) is 1.46. The predicted molar refractivity (Wildman–Crippen MR) is 62.8 cm³/mol. The number of aliphatic hydroxyl groups is 1. The van der Waals surface area contributed by atoms with E-state index in [-0.39, 0.29) is 13.0 Å². The van der Waals surface area contributed by atoms with Crippen LogP contribution in [0.15, 0.2) is 22.7 Å². The lowest BCUT2D eigenvalue weighted by Gasteiger charge is -2.12. The molecule has 0 aliphatic rings. The minimum Gasteiger partial charge on any atom is -0.496 e. The first-order valence-electron chi connectivity index (χ1n) is 4.77. The summed E-state index contributed by atoms with van der Waals surface area (Å²) in [5.74, 6) is -0.977. The molecule has 5 heteroatoms. The summed E-state index contributed by atoms with van der Waals surface area (Å²) in [6, 6.07) is 5.10. The number of aliphatic hydroxyl groups excluding tert-OH is 1. The average molecular weight is 289 g/mol. The quantitative estimate of drug-likeness (QED) is 0.870. The van der Waals surface area contributed by atoms with Gasteiger partial charge in [0.2, 0.25) is 0 Å². The van der Waals surface area contributed by atoms with Gasteiger partial charge in [0.25, 0.3) is 0 Å². The second-order valence-electron chi connectivity index (χ2n) is 3.30. The van der Waals surface area contributed by atoms with E-state index in [1.165, 1.54) is 0 Å². The van der Waals surface area contributed by atoms with E-state index in [0.717, 1.165) is 0 Å². The van der Waals surface area contributed by atoms with Crippen molar-refractivity contribution in [3.63, 3.8) is 0 Å². The third-order valence-electron chi connectivity index (χ3n) is 2.29. The molecule has 88 valence electrons. The zero-order chi connectivity index (χ0) is 12.1. The molecule has 0 spiro atoms. The summed E-state index contributed by atoms with van der Waals surface area (Å²) in [5.41, 5.74) is 0.647. The maximum Gasteiger partial charge on any atom is 0.311 e. The minimum atomic E-state index is -0.939. The van der Waals surface area contributed by atoms with Gasteiger partial charge in [-0.1, -0.05) is 6.07 Å². The molecule has 0 radical (unpaired) electrons. The third-order valence-corrected chi connectivity index (χ3v) is 2.91. The van der Waals surface area contributed by atoms with Crippen molar-refractivity contribution in [2.45, 2.75) is 12.3 Å². The lowest BCUT2D eigenvalue weighted by atomic mass is 9.96. The van der Waals surface area contributed by atoms with E-state index >= 15 is 0 Å². The number of carboxylic acids is 1. The van der Waals surface area contributed by atoms with Crippen LogP contribution in [0.3, 0.4) is 0 Å². The highest BCUT2D eigenvalue weighted by Crippen LogP contribution is 2.30. The van der Waals surface area contributed by atoms with Crippen LogP contribution in [0.2, 0.25) is 0 Å². The van der Waals surface area contributed by atoms with Gasteiger partial charge in [0.1, 0.15) is 5.75 Å². The molecular weight excluding hydrogens is 276 g/mol. The first kappa shape index (κ1) is 13.0. The molecular formula is C11H13BrO4. The number of methoxy groups -OCH3 is 1. The topological polar surface area (TPSA) is 66.8 Å². The molecule has 0 amide bonds. The van der Waals surface area contributed by atoms with Crippen molar-refractivity contribution in [1.29, 1.82) is 0 Å². The van der Waals surface area contributed by atoms with Gasteiger partial charge in [-0.3, -0.25) is 4.79 Å². The maximum absolute atomic E-state index is 11.0. The van der Waals surface area contributed by atoms with Crippen molar-refractivity contribution in [3.05, 3.63) is 28.2 Å². The van der Waals surface area contributed by atoms with Crippen molar-refractivity contribution in [1.82, 2.24) is 0 Å². The Hall–Kier alpha value is -1.07. The van der Waals surface area contributed by atoms with Crippen LogP contribution in [-0.4, -0.2) is 29.9 Å². The fraction of sp³-hybridized carbons (Fsp3) is 0.364. The zero-order valence-corrected chi connectivity index (χ0v) is 10.4. The fourth-order valence-corrected chi connectivity index (χ4v) is 2.02. The van der Waals surface area contributed by atoms with Crippen molar-refractivity contribution in [2.75, 3.05) is 13.7 Å². The Kier molecular flexibility index (Phi) is 4.76. The number of carboxylic acid groups (broad SMARTS) is 1. The number of hydrogen-bond acceptors (Lipinski definition) is 3. The van der Waals surface area contributed by atoms with Crippen LogP contribution in [0.4, 0.5) is 0 Å². The van der Waals surface area contributed by atoms with Gasteiger partial charge in [-0.25, -0.2) is 0 Å². The van der Waals surface area contributed by atoms with Gasteiger partial charge in [0, 0.05) is 6.61 Å². The summed E-state index contributed by atoms with van der Waals surface area (Å²) in [5, 5.41) is 17.8. The van der Waals surface area contributed by atoms with Crippen molar-refractivity contribution in [2.24, 2.45) is 0 Å². The molecule has 1 rings (SSSR count). The van der Waals surface area contributed by atoms with E-state index in [2.05, 4.69) is 15.9 Å². The normalized spacial score (nSPS) is 12.2. The van der Waals surface area contributed by atoms with Crippen LogP contribution in [0, 0.1) is 0 Å². The summed E-state index contributed by atoms with van der Waals surface area (Å²) < 4.78 is 5.76. The molecule has 4 nitrogen and oxygen atoms in total. The Bertz CT molecular complexity index is 378. The van der Waals surface area contributed by atoms with Gasteiger partial charge in [0.05, 0.1) is 17.5 Å². The second kappa shape index (κ2) is 5.86. The monoisotopic (exact) mass is 288 g/mol. The predicted octanol–water partition coefficient (Wildman–Crippen LogP) is 2.01. The summed E-state index contributed by atoms with van der Waals surface area (Å²) in [7, 11) is 1.54. The van der Waals surface area contributed by atoms with Gasteiger partial charge < -0.3 is 14.9 Å². The van der Waals surface area contributed by atoms with E-state index < -0.39 is 11.9 Å². The third kappa shape index (κ3) is 2.96. The molecule has 0 heterocycles. The summed E-state index contributed by atoms with van der Waals surface area (Å²) >= 11 is 3.30. The second-order valence-corrected chi connectivity index (χ2v) is 4.15. The Labute approximate surface area is 102 Å². The molecule has 0 aliphatic carbocycles. The van der Waals surface area contributed by atoms with Crippen molar-refractivity contribution >= 4 is 21.9 Å². The SMILES string of the molecule is COc1ccc(C(CCO)C(=O)O)cc1Br. The van der Waals surface area contributed by atoms with E-state index in [9.17, 15) is 4.79 Å². The highest BCUT2D eigenvalue weighted by molar-refractivity contribution is 9.10. The molecule has 1 unspecified atom stereocenters. The molecule has 0 fully saturated rings. The molecule has 1 aromatic rings.